The van der Waals surface area contributed by atoms with Crippen molar-refractivity contribution >= 4 is 42.5 Å². The first kappa shape index (κ1) is 21.9. The van der Waals surface area contributed by atoms with Gasteiger partial charge < -0.3 is 5.32 Å². The number of fused-ring (bicyclic) bond motifs is 1. The van der Waals surface area contributed by atoms with Gasteiger partial charge in [0.25, 0.3) is 0 Å². The number of carbonyl (C=O) groups is 1. The van der Waals surface area contributed by atoms with Gasteiger partial charge in [-0.2, -0.15) is 4.31 Å². The van der Waals surface area contributed by atoms with Gasteiger partial charge in [0.05, 0.1) is 21.7 Å². The highest BCUT2D eigenvalue weighted by molar-refractivity contribution is 7.89. The Balaban J connectivity index is 1.48. The summed E-state index contributed by atoms with van der Waals surface area (Å²) in [7, 11) is -3.66. The molecule has 1 fully saturated rings. The van der Waals surface area contributed by atoms with E-state index >= 15 is 0 Å². The van der Waals surface area contributed by atoms with E-state index < -0.39 is 10.0 Å². The molecule has 2 atom stereocenters. The Morgan fingerprint density at radius 1 is 1.19 bits per heavy atom. The summed E-state index contributed by atoms with van der Waals surface area (Å²) in [6, 6.07) is 10.5. The number of nitrogens with one attached hydrogen (secondary N) is 1. The van der Waals surface area contributed by atoms with Crippen molar-refractivity contribution in [2.75, 3.05) is 25.0 Å². The van der Waals surface area contributed by atoms with Crippen LogP contribution >= 0.6 is 11.3 Å². The average molecular weight is 462 g/mol. The highest BCUT2D eigenvalue weighted by atomic mass is 32.2. The minimum absolute atomic E-state index is 0.0381. The molecule has 2 aromatic carbocycles. The predicted octanol–water partition coefficient (Wildman–Crippen LogP) is 4.40. The number of aromatic nitrogens is 1. The van der Waals surface area contributed by atoms with Crippen LogP contribution in [0.2, 0.25) is 0 Å². The van der Waals surface area contributed by atoms with E-state index in [1.54, 1.807) is 18.2 Å². The molecule has 31 heavy (non-hydrogen) atoms. The van der Waals surface area contributed by atoms with Gasteiger partial charge in [0.15, 0.2) is 10.9 Å². The SMILES string of the molecule is CC1CC(C)CN(S(=O)(=O)c2cccc(C(=O)CNc3nc4ccc(F)cc4s3)c2)C1. The average Bonchev–Trinajstić information content (AvgIpc) is 3.13. The molecule has 1 saturated heterocycles. The first-order valence-electron chi connectivity index (χ1n) is 10.2. The zero-order valence-electron chi connectivity index (χ0n) is 17.3. The highest BCUT2D eigenvalue weighted by Crippen LogP contribution is 2.28. The van der Waals surface area contributed by atoms with Gasteiger partial charge in [-0.05, 0) is 48.6 Å². The van der Waals surface area contributed by atoms with Crippen molar-refractivity contribution in [2.45, 2.75) is 25.2 Å². The third kappa shape index (κ3) is 4.78. The molecule has 0 bridgehead atoms. The predicted molar refractivity (Wildman–Crippen MR) is 121 cm³/mol. The molecular weight excluding hydrogens is 437 g/mol. The lowest BCUT2D eigenvalue weighted by Gasteiger charge is -2.34. The van der Waals surface area contributed by atoms with E-state index in [2.05, 4.69) is 24.1 Å². The zero-order chi connectivity index (χ0) is 22.2. The maximum atomic E-state index is 13.3. The monoisotopic (exact) mass is 461 g/mol. The first-order valence-corrected chi connectivity index (χ1v) is 12.4. The Morgan fingerprint density at radius 3 is 2.68 bits per heavy atom. The van der Waals surface area contributed by atoms with Crippen molar-refractivity contribution in [3.8, 4) is 0 Å². The van der Waals surface area contributed by atoms with Gasteiger partial charge in [0.1, 0.15) is 5.82 Å². The summed E-state index contributed by atoms with van der Waals surface area (Å²) in [6.45, 7) is 5.05. The van der Waals surface area contributed by atoms with Crippen molar-refractivity contribution in [1.82, 2.24) is 9.29 Å². The van der Waals surface area contributed by atoms with Crippen LogP contribution in [0.4, 0.5) is 9.52 Å². The molecule has 2 unspecified atom stereocenters. The maximum absolute atomic E-state index is 13.3. The van der Waals surface area contributed by atoms with Crippen molar-refractivity contribution in [3.05, 3.63) is 53.8 Å². The number of carbonyl (C=O) groups excluding carboxylic acids is 1. The Kier molecular flexibility index (Phi) is 6.09. The second-order valence-electron chi connectivity index (χ2n) is 8.20. The number of anilines is 1. The fourth-order valence-electron chi connectivity index (χ4n) is 4.01. The Bertz CT molecular complexity index is 1220. The standard InChI is InChI=1S/C22H24FN3O3S2/c1-14-8-15(2)13-26(12-14)31(28,29)18-5-3-4-16(9-18)20(27)11-24-22-25-19-7-6-17(23)10-21(19)30-22/h3-7,9-10,14-15H,8,11-13H2,1-2H3,(H,24,25). The summed E-state index contributed by atoms with van der Waals surface area (Å²) < 4.78 is 41.8. The summed E-state index contributed by atoms with van der Waals surface area (Å²) in [4.78, 5) is 17.2. The molecule has 0 aliphatic carbocycles. The van der Waals surface area contributed by atoms with E-state index in [1.807, 2.05) is 0 Å². The maximum Gasteiger partial charge on any atom is 0.243 e. The summed E-state index contributed by atoms with van der Waals surface area (Å²) >= 11 is 1.26. The molecule has 0 amide bonds. The lowest BCUT2D eigenvalue weighted by molar-refractivity contribution is 0.101. The van der Waals surface area contributed by atoms with Crippen molar-refractivity contribution < 1.29 is 17.6 Å². The molecule has 2 heterocycles. The lowest BCUT2D eigenvalue weighted by Crippen LogP contribution is -2.42. The molecule has 4 rings (SSSR count). The second kappa shape index (κ2) is 8.64. The number of rotatable bonds is 6. The minimum Gasteiger partial charge on any atom is -0.354 e. The summed E-state index contributed by atoms with van der Waals surface area (Å²) in [5.41, 5.74) is 0.971. The van der Waals surface area contributed by atoms with Gasteiger partial charge >= 0.3 is 0 Å². The largest absolute Gasteiger partial charge is 0.354 e. The van der Waals surface area contributed by atoms with Crippen LogP contribution in [0.25, 0.3) is 10.2 Å². The Hall–Kier alpha value is -2.36. The van der Waals surface area contributed by atoms with Crippen LogP contribution in [0.3, 0.4) is 0 Å². The van der Waals surface area contributed by atoms with Crippen LogP contribution in [0.5, 0.6) is 0 Å². The topological polar surface area (TPSA) is 79.4 Å². The van der Waals surface area contributed by atoms with Crippen molar-refractivity contribution in [3.63, 3.8) is 0 Å². The van der Waals surface area contributed by atoms with Crippen LogP contribution in [-0.4, -0.2) is 43.1 Å². The summed E-state index contributed by atoms with van der Waals surface area (Å²) in [5, 5.41) is 3.47. The quantitative estimate of drug-likeness (QED) is 0.551. The van der Waals surface area contributed by atoms with E-state index in [9.17, 15) is 17.6 Å². The van der Waals surface area contributed by atoms with Crippen molar-refractivity contribution in [2.24, 2.45) is 11.8 Å². The van der Waals surface area contributed by atoms with Crippen LogP contribution in [0.1, 0.15) is 30.6 Å². The number of ketones is 1. The number of Topliss-reactive ketones (excluding diaryl/α,β-unsaturated/α-hetero) is 1. The van der Waals surface area contributed by atoms with Gasteiger partial charge in [0, 0.05) is 18.7 Å². The summed E-state index contributed by atoms with van der Waals surface area (Å²) in [5.74, 6) is 0.0156. The number of nitrogens with zero attached hydrogens (tertiary/aromatic N) is 2. The fraction of sp³-hybridized carbons (Fsp3) is 0.364. The minimum atomic E-state index is -3.66. The molecule has 0 saturated carbocycles. The number of thiazole rings is 1. The second-order valence-corrected chi connectivity index (χ2v) is 11.2. The lowest BCUT2D eigenvalue weighted by atomic mass is 9.94. The normalized spacial score (nSPS) is 20.1. The van der Waals surface area contributed by atoms with Crippen molar-refractivity contribution in [1.29, 1.82) is 0 Å². The van der Waals surface area contributed by atoms with E-state index in [0.29, 0.717) is 45.8 Å². The third-order valence-electron chi connectivity index (χ3n) is 5.38. The number of halogens is 1. The number of hydrogen-bond acceptors (Lipinski definition) is 6. The molecular formula is C22H24FN3O3S2. The Morgan fingerprint density at radius 2 is 1.94 bits per heavy atom. The number of hydrogen-bond donors (Lipinski definition) is 1. The molecule has 1 aliphatic rings. The van der Waals surface area contributed by atoms with E-state index in [0.717, 1.165) is 6.42 Å². The third-order valence-corrected chi connectivity index (χ3v) is 8.18. The highest BCUT2D eigenvalue weighted by Gasteiger charge is 2.31. The molecule has 1 aliphatic heterocycles. The molecule has 1 N–H and O–H groups in total. The van der Waals surface area contributed by atoms with E-state index in [-0.39, 0.29) is 23.0 Å². The molecule has 0 spiro atoms. The molecule has 164 valence electrons. The summed E-state index contributed by atoms with van der Waals surface area (Å²) in [6.07, 6.45) is 1.01. The number of piperidine rings is 1. The van der Waals surface area contributed by atoms with Crippen LogP contribution < -0.4 is 5.32 Å². The molecule has 1 aromatic heterocycles. The van der Waals surface area contributed by atoms with Gasteiger partial charge in [-0.1, -0.05) is 37.3 Å². The van der Waals surface area contributed by atoms with E-state index in [1.165, 1.54) is 39.9 Å². The smallest absolute Gasteiger partial charge is 0.243 e. The van der Waals surface area contributed by atoms with Gasteiger partial charge in [-0.3, -0.25) is 4.79 Å². The van der Waals surface area contributed by atoms with Crippen LogP contribution in [0.15, 0.2) is 47.4 Å². The molecule has 3 aromatic rings. The molecule has 0 radical (unpaired) electrons. The van der Waals surface area contributed by atoms with Crippen LogP contribution in [0, 0.1) is 17.7 Å². The first-order chi connectivity index (χ1) is 14.7. The number of benzene rings is 2. The van der Waals surface area contributed by atoms with Crippen LogP contribution in [-0.2, 0) is 10.0 Å². The zero-order valence-corrected chi connectivity index (χ0v) is 19.0. The molecule has 6 nitrogen and oxygen atoms in total. The molecule has 9 heteroatoms. The van der Waals surface area contributed by atoms with Gasteiger partial charge in [-0.15, -0.1) is 0 Å². The Labute approximate surface area is 185 Å². The number of sulfonamides is 1. The van der Waals surface area contributed by atoms with E-state index in [4.69, 9.17) is 0 Å². The van der Waals surface area contributed by atoms with Gasteiger partial charge in [-0.25, -0.2) is 17.8 Å². The fourth-order valence-corrected chi connectivity index (χ4v) is 6.63. The van der Waals surface area contributed by atoms with Gasteiger partial charge in [0.2, 0.25) is 10.0 Å².